The maximum Gasteiger partial charge on any atom is 0.229 e. The summed E-state index contributed by atoms with van der Waals surface area (Å²) in [6, 6.07) is 30.8. The summed E-state index contributed by atoms with van der Waals surface area (Å²) in [7, 11) is 0. The number of anilines is 4. The molecule has 1 aliphatic rings. The zero-order valence-corrected chi connectivity index (χ0v) is 23.8. The predicted octanol–water partition coefficient (Wildman–Crippen LogP) is 6.96. The fourth-order valence-corrected chi connectivity index (χ4v) is 5.13. The van der Waals surface area contributed by atoms with Gasteiger partial charge in [0, 0.05) is 41.5 Å². The van der Waals surface area contributed by atoms with E-state index in [4.69, 9.17) is 17.2 Å². The minimum Gasteiger partial charge on any atom is -0.356 e. The van der Waals surface area contributed by atoms with E-state index in [0.717, 1.165) is 60.8 Å². The van der Waals surface area contributed by atoms with Crippen molar-refractivity contribution in [2.24, 2.45) is 10.9 Å². The Morgan fingerprint density at radius 3 is 2.02 bits per heavy atom. The molecule has 1 fully saturated rings. The topological polar surface area (TPSA) is 77.5 Å². The molecular weight excluding hydrogens is 514 g/mol. The summed E-state index contributed by atoms with van der Waals surface area (Å²) in [4.78, 5) is 16.2. The summed E-state index contributed by atoms with van der Waals surface area (Å²) in [5.41, 5.74) is 6.11. The summed E-state index contributed by atoms with van der Waals surface area (Å²) in [6.45, 7) is 5.70. The van der Waals surface area contributed by atoms with Gasteiger partial charge in [-0.1, -0.05) is 48.5 Å². The zero-order valence-electron chi connectivity index (χ0n) is 23.0. The number of aromatic nitrogens is 2. The van der Waals surface area contributed by atoms with Gasteiger partial charge in [-0.05, 0) is 99.3 Å². The fourth-order valence-electron chi connectivity index (χ4n) is 4.93. The summed E-state index contributed by atoms with van der Waals surface area (Å²) in [5.74, 6) is 1.84. The standard InChI is InChI=1S/C32H35N7S/c1-23-21-24(2)34-30(33-23)37-31(39-19-17-26(18-20-39)22-25-9-5-3-6-10-25)38-32(40)36-29-15-13-28(14-16-29)35-27-11-7-4-8-12-27/h3-16,21,26,35H,17-20,22H2,1-2H3,(H2,33,34,36,37,38,40). The first kappa shape index (κ1) is 27.3. The van der Waals surface area contributed by atoms with E-state index in [1.165, 1.54) is 5.56 Å². The average Bonchev–Trinajstić information content (AvgIpc) is 2.95. The summed E-state index contributed by atoms with van der Waals surface area (Å²) < 4.78 is 0. The maximum absolute atomic E-state index is 5.68. The quantitative estimate of drug-likeness (QED) is 0.136. The highest BCUT2D eigenvalue weighted by Gasteiger charge is 2.23. The lowest BCUT2D eigenvalue weighted by Gasteiger charge is -2.34. The average molecular weight is 550 g/mol. The first-order chi connectivity index (χ1) is 19.5. The van der Waals surface area contributed by atoms with E-state index in [-0.39, 0.29) is 0 Å². The van der Waals surface area contributed by atoms with Crippen molar-refractivity contribution in [2.45, 2.75) is 33.1 Å². The van der Waals surface area contributed by atoms with Crippen LogP contribution in [-0.2, 0) is 6.42 Å². The van der Waals surface area contributed by atoms with E-state index in [1.54, 1.807) is 0 Å². The number of piperidine rings is 1. The van der Waals surface area contributed by atoms with E-state index in [9.17, 15) is 0 Å². The van der Waals surface area contributed by atoms with Crippen LogP contribution < -0.4 is 16.0 Å². The van der Waals surface area contributed by atoms with Crippen molar-refractivity contribution in [1.82, 2.24) is 14.9 Å². The number of aliphatic imine (C=N–C) groups is 1. The van der Waals surface area contributed by atoms with Crippen LogP contribution >= 0.6 is 12.2 Å². The second-order valence-electron chi connectivity index (χ2n) is 10.2. The molecule has 0 aliphatic carbocycles. The molecule has 3 N–H and O–H groups in total. The third-order valence-corrected chi connectivity index (χ3v) is 7.09. The molecule has 0 atom stereocenters. The molecule has 0 saturated carbocycles. The SMILES string of the molecule is Cc1cc(C)nc(N/C(=N/C(=S)Nc2ccc(Nc3ccccc3)cc2)N2CCC(Cc3ccccc3)CC2)n1. The molecular formula is C32H35N7S. The van der Waals surface area contributed by atoms with E-state index >= 15 is 0 Å². The van der Waals surface area contributed by atoms with Crippen LogP contribution in [-0.4, -0.2) is 39.0 Å². The normalized spacial score (nSPS) is 14.1. The first-order valence-corrected chi connectivity index (χ1v) is 14.1. The molecule has 1 saturated heterocycles. The predicted molar refractivity (Wildman–Crippen MR) is 169 cm³/mol. The van der Waals surface area contributed by atoms with E-state index < -0.39 is 0 Å². The van der Waals surface area contributed by atoms with Crippen molar-refractivity contribution in [3.63, 3.8) is 0 Å². The molecule has 7 nitrogen and oxygen atoms in total. The van der Waals surface area contributed by atoms with Crippen LogP contribution in [0, 0.1) is 19.8 Å². The molecule has 0 bridgehead atoms. The van der Waals surface area contributed by atoms with Gasteiger partial charge in [0.2, 0.25) is 17.0 Å². The molecule has 2 heterocycles. The van der Waals surface area contributed by atoms with E-state index in [0.29, 0.717) is 22.9 Å². The Hall–Kier alpha value is -4.30. The maximum atomic E-state index is 5.68. The first-order valence-electron chi connectivity index (χ1n) is 13.7. The Kier molecular flexibility index (Phi) is 8.98. The van der Waals surface area contributed by atoms with Crippen molar-refractivity contribution >= 4 is 46.3 Å². The largest absolute Gasteiger partial charge is 0.356 e. The Morgan fingerprint density at radius 1 is 0.800 bits per heavy atom. The molecule has 3 aromatic carbocycles. The highest BCUT2D eigenvalue weighted by atomic mass is 32.1. The number of hydrogen-bond donors (Lipinski definition) is 3. The molecule has 5 rings (SSSR count). The number of likely N-dealkylation sites (tertiary alicyclic amines) is 1. The van der Waals surface area contributed by atoms with Crippen molar-refractivity contribution < 1.29 is 0 Å². The summed E-state index contributed by atoms with van der Waals surface area (Å²) in [5, 5.41) is 10.4. The van der Waals surface area contributed by atoms with Crippen LogP contribution in [0.3, 0.4) is 0 Å². The molecule has 4 aromatic rings. The number of hydrogen-bond acceptors (Lipinski definition) is 4. The van der Waals surface area contributed by atoms with Gasteiger partial charge < -0.3 is 15.5 Å². The van der Waals surface area contributed by atoms with E-state index in [2.05, 4.69) is 61.2 Å². The Labute approximate surface area is 241 Å². The highest BCUT2D eigenvalue weighted by molar-refractivity contribution is 7.80. The summed E-state index contributed by atoms with van der Waals surface area (Å²) >= 11 is 5.68. The molecule has 0 unspecified atom stereocenters. The zero-order chi connectivity index (χ0) is 27.7. The Morgan fingerprint density at radius 2 is 1.38 bits per heavy atom. The van der Waals surface area contributed by atoms with Gasteiger partial charge in [-0.3, -0.25) is 5.32 Å². The van der Waals surface area contributed by atoms with Gasteiger partial charge in [0.15, 0.2) is 0 Å². The number of para-hydroxylation sites is 1. The lowest BCUT2D eigenvalue weighted by Crippen LogP contribution is -2.43. The van der Waals surface area contributed by atoms with Gasteiger partial charge >= 0.3 is 0 Å². The molecule has 0 spiro atoms. The van der Waals surface area contributed by atoms with Gasteiger partial charge in [-0.2, -0.15) is 4.99 Å². The van der Waals surface area contributed by atoms with Gasteiger partial charge in [0.1, 0.15) is 0 Å². The minimum atomic E-state index is 0.377. The Bertz CT molecular complexity index is 1410. The number of nitrogens with zero attached hydrogens (tertiary/aromatic N) is 4. The third kappa shape index (κ3) is 7.86. The van der Waals surface area contributed by atoms with Crippen molar-refractivity contribution in [3.8, 4) is 0 Å². The lowest BCUT2D eigenvalue weighted by molar-refractivity contribution is 0.265. The monoisotopic (exact) mass is 549 g/mol. The van der Waals surface area contributed by atoms with Gasteiger partial charge in [0.05, 0.1) is 0 Å². The van der Waals surface area contributed by atoms with Gasteiger partial charge in [0.25, 0.3) is 0 Å². The van der Waals surface area contributed by atoms with Crippen LogP contribution in [0.5, 0.6) is 0 Å². The number of nitrogens with one attached hydrogen (secondary N) is 3. The number of guanidine groups is 1. The second-order valence-corrected chi connectivity index (χ2v) is 10.5. The molecule has 0 radical (unpaired) electrons. The number of aryl methyl sites for hydroxylation is 2. The van der Waals surface area contributed by atoms with Crippen LogP contribution in [0.2, 0.25) is 0 Å². The lowest BCUT2D eigenvalue weighted by atomic mass is 9.90. The minimum absolute atomic E-state index is 0.377. The number of benzene rings is 3. The third-order valence-electron chi connectivity index (χ3n) is 6.89. The smallest absolute Gasteiger partial charge is 0.229 e. The van der Waals surface area contributed by atoms with Crippen LogP contribution in [0.15, 0.2) is 96.0 Å². The summed E-state index contributed by atoms with van der Waals surface area (Å²) in [6.07, 6.45) is 3.27. The van der Waals surface area contributed by atoms with Crippen molar-refractivity contribution in [1.29, 1.82) is 0 Å². The van der Waals surface area contributed by atoms with E-state index in [1.807, 2.05) is 74.5 Å². The molecule has 1 aliphatic heterocycles. The number of rotatable bonds is 6. The highest BCUT2D eigenvalue weighted by Crippen LogP contribution is 2.23. The van der Waals surface area contributed by atoms with Crippen LogP contribution in [0.1, 0.15) is 29.8 Å². The second kappa shape index (κ2) is 13.2. The van der Waals surface area contributed by atoms with Crippen LogP contribution in [0.25, 0.3) is 0 Å². The Balaban J connectivity index is 1.27. The van der Waals surface area contributed by atoms with Gasteiger partial charge in [-0.15, -0.1) is 0 Å². The molecule has 204 valence electrons. The number of thiocarbonyl (C=S) groups is 1. The molecule has 40 heavy (non-hydrogen) atoms. The van der Waals surface area contributed by atoms with Crippen LogP contribution in [0.4, 0.5) is 23.0 Å². The van der Waals surface area contributed by atoms with Crippen molar-refractivity contribution in [2.75, 3.05) is 29.0 Å². The molecule has 8 heteroatoms. The molecule has 0 amide bonds. The van der Waals surface area contributed by atoms with Gasteiger partial charge in [-0.25, -0.2) is 9.97 Å². The fraction of sp³-hybridized carbons (Fsp3) is 0.250. The molecule has 1 aromatic heterocycles. The van der Waals surface area contributed by atoms with Crippen molar-refractivity contribution in [3.05, 3.63) is 108 Å².